The molecule has 20 heavy (non-hydrogen) atoms. The van der Waals surface area contributed by atoms with Crippen LogP contribution in [0.4, 0.5) is 0 Å². The minimum Gasteiger partial charge on any atom is -0.385 e. The molecule has 0 spiro atoms. The van der Waals surface area contributed by atoms with E-state index in [4.69, 9.17) is 4.74 Å². The SMILES string of the molecule is COCCC1(CNC(=O)CC(C)C2CCCNC2)CC1. The first-order valence-corrected chi connectivity index (χ1v) is 8.11. The number of nitrogens with one attached hydrogen (secondary N) is 2. The molecule has 1 aliphatic carbocycles. The number of hydrogen-bond acceptors (Lipinski definition) is 3. The lowest BCUT2D eigenvalue weighted by molar-refractivity contribution is -0.122. The summed E-state index contributed by atoms with van der Waals surface area (Å²) in [5.41, 5.74) is 0.349. The van der Waals surface area contributed by atoms with E-state index in [1.807, 2.05) is 0 Å². The molecule has 2 unspecified atom stereocenters. The van der Waals surface area contributed by atoms with Gasteiger partial charge in [-0.1, -0.05) is 6.92 Å². The fraction of sp³-hybridized carbons (Fsp3) is 0.938. The first-order chi connectivity index (χ1) is 9.65. The Kier molecular flexibility index (Phi) is 5.85. The van der Waals surface area contributed by atoms with Gasteiger partial charge >= 0.3 is 0 Å². The van der Waals surface area contributed by atoms with E-state index in [0.29, 0.717) is 23.7 Å². The van der Waals surface area contributed by atoms with Gasteiger partial charge in [-0.05, 0) is 62.4 Å². The van der Waals surface area contributed by atoms with Gasteiger partial charge in [-0.2, -0.15) is 0 Å². The number of carbonyl (C=O) groups excluding carboxylic acids is 1. The van der Waals surface area contributed by atoms with Crippen LogP contribution in [0.1, 0.15) is 45.4 Å². The highest BCUT2D eigenvalue weighted by atomic mass is 16.5. The predicted octanol–water partition coefficient (Wildman–Crippen LogP) is 1.95. The Morgan fingerprint density at radius 1 is 1.50 bits per heavy atom. The van der Waals surface area contributed by atoms with Crippen LogP contribution in [0.5, 0.6) is 0 Å². The zero-order valence-corrected chi connectivity index (χ0v) is 13.0. The summed E-state index contributed by atoms with van der Waals surface area (Å²) >= 11 is 0. The van der Waals surface area contributed by atoms with Gasteiger partial charge in [0.2, 0.25) is 5.91 Å². The van der Waals surface area contributed by atoms with Crippen LogP contribution in [-0.2, 0) is 9.53 Å². The number of methoxy groups -OCH3 is 1. The van der Waals surface area contributed by atoms with E-state index < -0.39 is 0 Å². The van der Waals surface area contributed by atoms with Gasteiger partial charge in [0.05, 0.1) is 0 Å². The Morgan fingerprint density at radius 2 is 2.30 bits per heavy atom. The minimum atomic E-state index is 0.228. The van der Waals surface area contributed by atoms with Crippen molar-refractivity contribution in [1.29, 1.82) is 0 Å². The molecule has 2 rings (SSSR count). The molecule has 2 aliphatic rings. The van der Waals surface area contributed by atoms with Crippen molar-refractivity contribution in [3.05, 3.63) is 0 Å². The molecule has 1 saturated heterocycles. The van der Waals surface area contributed by atoms with Gasteiger partial charge in [0.25, 0.3) is 0 Å². The third-order valence-electron chi connectivity index (χ3n) is 5.10. The van der Waals surface area contributed by atoms with E-state index in [9.17, 15) is 4.79 Å². The van der Waals surface area contributed by atoms with Crippen molar-refractivity contribution in [3.63, 3.8) is 0 Å². The fourth-order valence-electron chi connectivity index (χ4n) is 3.19. The zero-order chi connectivity index (χ0) is 14.4. The van der Waals surface area contributed by atoms with Crippen LogP contribution in [0.2, 0.25) is 0 Å². The summed E-state index contributed by atoms with van der Waals surface area (Å²) in [5, 5.41) is 6.58. The summed E-state index contributed by atoms with van der Waals surface area (Å²) in [4.78, 5) is 12.1. The van der Waals surface area contributed by atoms with E-state index >= 15 is 0 Å². The maximum absolute atomic E-state index is 12.1. The van der Waals surface area contributed by atoms with Crippen LogP contribution < -0.4 is 10.6 Å². The molecule has 2 fully saturated rings. The van der Waals surface area contributed by atoms with E-state index in [1.54, 1.807) is 7.11 Å². The molecule has 1 amide bonds. The highest BCUT2D eigenvalue weighted by Gasteiger charge is 2.42. The molecule has 0 aromatic heterocycles. The molecule has 0 bridgehead atoms. The maximum atomic E-state index is 12.1. The second kappa shape index (κ2) is 7.41. The van der Waals surface area contributed by atoms with Crippen molar-refractivity contribution >= 4 is 5.91 Å². The number of carbonyl (C=O) groups is 1. The molecule has 2 N–H and O–H groups in total. The third kappa shape index (κ3) is 4.74. The molecule has 1 saturated carbocycles. The van der Waals surface area contributed by atoms with Crippen molar-refractivity contribution in [2.24, 2.45) is 17.3 Å². The van der Waals surface area contributed by atoms with Crippen molar-refractivity contribution in [3.8, 4) is 0 Å². The maximum Gasteiger partial charge on any atom is 0.220 e. The van der Waals surface area contributed by atoms with Crippen LogP contribution in [-0.4, -0.2) is 39.3 Å². The van der Waals surface area contributed by atoms with Crippen LogP contribution in [0, 0.1) is 17.3 Å². The van der Waals surface area contributed by atoms with Crippen LogP contribution in [0.15, 0.2) is 0 Å². The summed E-state index contributed by atoms with van der Waals surface area (Å²) in [5.74, 6) is 1.38. The summed E-state index contributed by atoms with van der Waals surface area (Å²) in [6.45, 7) is 6.07. The van der Waals surface area contributed by atoms with Gasteiger partial charge in [0, 0.05) is 26.7 Å². The Morgan fingerprint density at radius 3 is 2.90 bits per heavy atom. The third-order valence-corrected chi connectivity index (χ3v) is 5.10. The van der Waals surface area contributed by atoms with E-state index in [1.165, 1.54) is 25.7 Å². The van der Waals surface area contributed by atoms with Gasteiger partial charge in [0.15, 0.2) is 0 Å². The number of amides is 1. The van der Waals surface area contributed by atoms with Crippen molar-refractivity contribution in [2.45, 2.75) is 45.4 Å². The second-order valence-electron chi connectivity index (χ2n) is 6.81. The number of piperidine rings is 1. The van der Waals surface area contributed by atoms with Gasteiger partial charge in [0.1, 0.15) is 0 Å². The molecule has 1 heterocycles. The molecule has 0 aromatic rings. The Labute approximate surface area is 123 Å². The Bertz CT molecular complexity index is 310. The molecule has 4 heteroatoms. The van der Waals surface area contributed by atoms with E-state index in [-0.39, 0.29) is 5.91 Å². The first kappa shape index (κ1) is 15.8. The average Bonchev–Trinajstić information content (AvgIpc) is 3.24. The Balaban J connectivity index is 1.64. The number of rotatable bonds is 8. The molecule has 0 radical (unpaired) electrons. The standard InChI is InChI=1S/C16H30N2O2/c1-13(14-4-3-8-17-11-14)10-15(19)18-12-16(5-6-16)7-9-20-2/h13-14,17H,3-12H2,1-2H3,(H,18,19). The zero-order valence-electron chi connectivity index (χ0n) is 13.0. The monoisotopic (exact) mass is 282 g/mol. The molecule has 116 valence electrons. The van der Waals surface area contributed by atoms with Crippen LogP contribution >= 0.6 is 0 Å². The normalized spacial score (nSPS) is 26.0. The molecule has 4 nitrogen and oxygen atoms in total. The number of ether oxygens (including phenoxy) is 1. The fourth-order valence-corrected chi connectivity index (χ4v) is 3.19. The van der Waals surface area contributed by atoms with Gasteiger partial charge in [-0.25, -0.2) is 0 Å². The average molecular weight is 282 g/mol. The molecule has 2 atom stereocenters. The van der Waals surface area contributed by atoms with Crippen LogP contribution in [0.25, 0.3) is 0 Å². The summed E-state index contributed by atoms with van der Waals surface area (Å²) in [6.07, 6.45) is 6.73. The first-order valence-electron chi connectivity index (χ1n) is 8.11. The lowest BCUT2D eigenvalue weighted by Crippen LogP contribution is -2.37. The Hall–Kier alpha value is -0.610. The quantitative estimate of drug-likeness (QED) is 0.715. The number of hydrogen-bond donors (Lipinski definition) is 2. The highest BCUT2D eigenvalue weighted by Crippen LogP contribution is 2.48. The molecular weight excluding hydrogens is 252 g/mol. The van der Waals surface area contributed by atoms with E-state index in [2.05, 4.69) is 17.6 Å². The van der Waals surface area contributed by atoms with Crippen LogP contribution in [0.3, 0.4) is 0 Å². The largest absolute Gasteiger partial charge is 0.385 e. The van der Waals surface area contributed by atoms with Gasteiger partial charge in [-0.3, -0.25) is 4.79 Å². The van der Waals surface area contributed by atoms with Gasteiger partial charge in [-0.15, -0.1) is 0 Å². The second-order valence-corrected chi connectivity index (χ2v) is 6.81. The van der Waals surface area contributed by atoms with Crippen molar-refractivity contribution in [1.82, 2.24) is 10.6 Å². The smallest absolute Gasteiger partial charge is 0.220 e. The predicted molar refractivity (Wildman–Crippen MR) is 80.5 cm³/mol. The van der Waals surface area contributed by atoms with Crippen molar-refractivity contribution in [2.75, 3.05) is 33.4 Å². The minimum absolute atomic E-state index is 0.228. The molecule has 0 aromatic carbocycles. The lowest BCUT2D eigenvalue weighted by atomic mass is 9.85. The lowest BCUT2D eigenvalue weighted by Gasteiger charge is -2.28. The molecule has 1 aliphatic heterocycles. The summed E-state index contributed by atoms with van der Waals surface area (Å²) < 4.78 is 5.15. The summed E-state index contributed by atoms with van der Waals surface area (Å²) in [7, 11) is 1.74. The highest BCUT2D eigenvalue weighted by molar-refractivity contribution is 5.76. The topological polar surface area (TPSA) is 50.4 Å². The summed E-state index contributed by atoms with van der Waals surface area (Å²) in [6, 6.07) is 0. The molecular formula is C16H30N2O2. The van der Waals surface area contributed by atoms with Crippen molar-refractivity contribution < 1.29 is 9.53 Å². The van der Waals surface area contributed by atoms with Gasteiger partial charge < -0.3 is 15.4 Å². The van der Waals surface area contributed by atoms with E-state index in [0.717, 1.165) is 32.7 Å².